The molecule has 1 atom stereocenters. The maximum Gasteiger partial charge on any atom is 0.339 e. The van der Waals surface area contributed by atoms with Crippen LogP contribution in [0, 0.1) is 0 Å². The zero-order valence-corrected chi connectivity index (χ0v) is 10.9. The summed E-state index contributed by atoms with van der Waals surface area (Å²) in [6.07, 6.45) is 7.14. The number of hydrogen-bond acceptors (Lipinski definition) is 4. The van der Waals surface area contributed by atoms with Crippen molar-refractivity contribution in [3.63, 3.8) is 0 Å². The highest BCUT2D eigenvalue weighted by molar-refractivity contribution is 5.89. The molecule has 1 unspecified atom stereocenters. The molecule has 0 saturated carbocycles. The second-order valence-corrected chi connectivity index (χ2v) is 4.90. The molecule has 0 aromatic carbocycles. The third-order valence-electron chi connectivity index (χ3n) is 3.54. The Labute approximate surface area is 111 Å². The number of nitrogens with zero attached hydrogens (tertiary/aromatic N) is 2. The summed E-state index contributed by atoms with van der Waals surface area (Å²) in [4.78, 5) is 16.0. The van der Waals surface area contributed by atoms with E-state index in [9.17, 15) is 4.79 Å². The Kier molecular flexibility index (Phi) is 3.21. The van der Waals surface area contributed by atoms with Gasteiger partial charge in [-0.3, -0.25) is 0 Å². The van der Waals surface area contributed by atoms with Crippen molar-refractivity contribution >= 4 is 11.6 Å². The Bertz CT molecular complexity index is 600. The predicted octanol–water partition coefficient (Wildman–Crippen LogP) is 1.42. The van der Waals surface area contributed by atoms with E-state index >= 15 is 0 Å². The van der Waals surface area contributed by atoms with Gasteiger partial charge in [0.05, 0.1) is 18.4 Å². The second-order valence-electron chi connectivity index (χ2n) is 4.90. The molecule has 3 rings (SSSR count). The molecule has 5 heteroatoms. The molecule has 0 spiro atoms. The summed E-state index contributed by atoms with van der Waals surface area (Å²) in [5.41, 5.74) is 2.46. The van der Waals surface area contributed by atoms with Crippen LogP contribution in [0.25, 0.3) is 5.65 Å². The van der Waals surface area contributed by atoms with Crippen molar-refractivity contribution < 1.29 is 9.53 Å². The number of nitrogens with one attached hydrogen (secondary N) is 1. The first-order chi connectivity index (χ1) is 9.26. The first kappa shape index (κ1) is 12.2. The van der Waals surface area contributed by atoms with Gasteiger partial charge in [-0.1, -0.05) is 0 Å². The summed E-state index contributed by atoms with van der Waals surface area (Å²) in [6.45, 7) is 1.10. The highest BCUT2D eigenvalue weighted by Crippen LogP contribution is 2.14. The standard InChI is InChI=1S/C14H17N3O2/c1-19-14(18)10-4-5-13-16-12(9-17(13)8-10)7-11-3-2-6-15-11/h4-5,8-9,11,15H,2-3,6-7H2,1H3. The summed E-state index contributed by atoms with van der Waals surface area (Å²) in [5.74, 6) is -0.324. The minimum atomic E-state index is -0.324. The first-order valence-electron chi connectivity index (χ1n) is 6.55. The number of methoxy groups -OCH3 is 1. The fourth-order valence-corrected chi connectivity index (χ4v) is 2.56. The molecule has 0 bridgehead atoms. The molecule has 19 heavy (non-hydrogen) atoms. The average Bonchev–Trinajstić information content (AvgIpc) is 3.05. The SMILES string of the molecule is COC(=O)c1ccc2nc(CC3CCCN3)cn2c1. The third kappa shape index (κ3) is 2.46. The van der Waals surface area contributed by atoms with Crippen LogP contribution in [0.2, 0.25) is 0 Å². The zero-order valence-electron chi connectivity index (χ0n) is 10.9. The van der Waals surface area contributed by atoms with Crippen molar-refractivity contribution in [2.24, 2.45) is 0 Å². The highest BCUT2D eigenvalue weighted by atomic mass is 16.5. The fraction of sp³-hybridized carbons (Fsp3) is 0.429. The van der Waals surface area contributed by atoms with Gasteiger partial charge in [-0.15, -0.1) is 0 Å². The molecular formula is C14H17N3O2. The van der Waals surface area contributed by atoms with Crippen molar-refractivity contribution in [1.29, 1.82) is 0 Å². The molecule has 1 aliphatic rings. The Morgan fingerprint density at radius 2 is 2.42 bits per heavy atom. The smallest absolute Gasteiger partial charge is 0.339 e. The van der Waals surface area contributed by atoms with E-state index in [1.54, 1.807) is 12.3 Å². The van der Waals surface area contributed by atoms with Crippen LogP contribution >= 0.6 is 0 Å². The normalized spacial score (nSPS) is 18.9. The number of carbonyl (C=O) groups is 1. The van der Waals surface area contributed by atoms with E-state index in [0.717, 1.165) is 24.3 Å². The third-order valence-corrected chi connectivity index (χ3v) is 3.54. The van der Waals surface area contributed by atoms with Crippen molar-refractivity contribution in [2.45, 2.75) is 25.3 Å². The van der Waals surface area contributed by atoms with E-state index in [1.165, 1.54) is 20.0 Å². The van der Waals surface area contributed by atoms with Gasteiger partial charge in [0, 0.05) is 24.9 Å². The zero-order chi connectivity index (χ0) is 13.2. The lowest BCUT2D eigenvalue weighted by molar-refractivity contribution is 0.0600. The molecule has 0 aliphatic carbocycles. The Morgan fingerprint density at radius 3 is 3.16 bits per heavy atom. The number of aromatic nitrogens is 2. The van der Waals surface area contributed by atoms with Gasteiger partial charge in [0.1, 0.15) is 5.65 Å². The van der Waals surface area contributed by atoms with Crippen molar-refractivity contribution in [3.8, 4) is 0 Å². The van der Waals surface area contributed by atoms with Crippen LogP contribution in [-0.4, -0.2) is 35.1 Å². The number of carbonyl (C=O) groups excluding carboxylic acids is 1. The van der Waals surface area contributed by atoms with E-state index < -0.39 is 0 Å². The van der Waals surface area contributed by atoms with Crippen LogP contribution in [0.15, 0.2) is 24.5 Å². The van der Waals surface area contributed by atoms with Gasteiger partial charge in [0.2, 0.25) is 0 Å². The number of fused-ring (bicyclic) bond motifs is 1. The number of esters is 1. The molecule has 2 aromatic heterocycles. The molecule has 1 fully saturated rings. The quantitative estimate of drug-likeness (QED) is 0.847. The lowest BCUT2D eigenvalue weighted by atomic mass is 10.1. The van der Waals surface area contributed by atoms with Gasteiger partial charge in [0.25, 0.3) is 0 Å². The fourth-order valence-electron chi connectivity index (χ4n) is 2.56. The van der Waals surface area contributed by atoms with Crippen LogP contribution < -0.4 is 5.32 Å². The molecule has 1 N–H and O–H groups in total. The first-order valence-corrected chi connectivity index (χ1v) is 6.55. The van der Waals surface area contributed by atoms with Crippen LogP contribution in [0.5, 0.6) is 0 Å². The molecular weight excluding hydrogens is 242 g/mol. The molecule has 0 radical (unpaired) electrons. The number of ether oxygens (including phenoxy) is 1. The van der Waals surface area contributed by atoms with E-state index in [2.05, 4.69) is 10.3 Å². The summed E-state index contributed by atoms with van der Waals surface area (Å²) in [6, 6.07) is 4.12. The number of hydrogen-bond donors (Lipinski definition) is 1. The number of imidazole rings is 1. The molecule has 3 heterocycles. The summed E-state index contributed by atoms with van der Waals surface area (Å²) in [5, 5.41) is 3.46. The van der Waals surface area contributed by atoms with E-state index in [0.29, 0.717) is 11.6 Å². The summed E-state index contributed by atoms with van der Waals surface area (Å²) < 4.78 is 6.60. The lowest BCUT2D eigenvalue weighted by Crippen LogP contribution is -2.23. The molecule has 1 saturated heterocycles. The van der Waals surface area contributed by atoms with E-state index in [1.807, 2.05) is 16.7 Å². The highest BCUT2D eigenvalue weighted by Gasteiger charge is 2.16. The predicted molar refractivity (Wildman–Crippen MR) is 71.3 cm³/mol. The average molecular weight is 259 g/mol. The summed E-state index contributed by atoms with van der Waals surface area (Å²) >= 11 is 0. The summed E-state index contributed by atoms with van der Waals surface area (Å²) in [7, 11) is 1.39. The van der Waals surface area contributed by atoms with Gasteiger partial charge >= 0.3 is 5.97 Å². The second kappa shape index (κ2) is 5.01. The van der Waals surface area contributed by atoms with Crippen molar-refractivity contribution in [2.75, 3.05) is 13.7 Å². The van der Waals surface area contributed by atoms with Gasteiger partial charge in [-0.2, -0.15) is 0 Å². The van der Waals surface area contributed by atoms with Gasteiger partial charge in [-0.05, 0) is 31.5 Å². The van der Waals surface area contributed by atoms with Gasteiger partial charge in [0.15, 0.2) is 0 Å². The maximum absolute atomic E-state index is 11.5. The Morgan fingerprint density at radius 1 is 1.53 bits per heavy atom. The van der Waals surface area contributed by atoms with Crippen LogP contribution in [0.3, 0.4) is 0 Å². The van der Waals surface area contributed by atoms with Crippen molar-refractivity contribution in [1.82, 2.24) is 14.7 Å². The molecule has 2 aromatic rings. The molecule has 1 aliphatic heterocycles. The Balaban J connectivity index is 1.85. The minimum Gasteiger partial charge on any atom is -0.465 e. The van der Waals surface area contributed by atoms with E-state index in [-0.39, 0.29) is 5.97 Å². The maximum atomic E-state index is 11.5. The molecule has 100 valence electrons. The van der Waals surface area contributed by atoms with Crippen LogP contribution in [-0.2, 0) is 11.2 Å². The number of rotatable bonds is 3. The van der Waals surface area contributed by atoms with Crippen LogP contribution in [0.1, 0.15) is 28.9 Å². The monoisotopic (exact) mass is 259 g/mol. The van der Waals surface area contributed by atoms with Gasteiger partial charge in [-0.25, -0.2) is 9.78 Å². The van der Waals surface area contributed by atoms with Crippen LogP contribution in [0.4, 0.5) is 0 Å². The van der Waals surface area contributed by atoms with Gasteiger partial charge < -0.3 is 14.5 Å². The topological polar surface area (TPSA) is 55.6 Å². The number of pyridine rings is 1. The minimum absolute atomic E-state index is 0.324. The molecule has 5 nitrogen and oxygen atoms in total. The molecule has 0 amide bonds. The van der Waals surface area contributed by atoms with Crippen molar-refractivity contribution in [3.05, 3.63) is 35.8 Å². The van der Waals surface area contributed by atoms with E-state index in [4.69, 9.17) is 4.74 Å². The lowest BCUT2D eigenvalue weighted by Gasteiger charge is -2.06. The Hall–Kier alpha value is -1.88. The largest absolute Gasteiger partial charge is 0.465 e.